The topological polar surface area (TPSA) is 65.7 Å². The number of halogens is 1. The number of fused-ring (bicyclic) bond motifs is 3. The summed E-state index contributed by atoms with van der Waals surface area (Å²) in [5.41, 5.74) is -0.0713. The van der Waals surface area contributed by atoms with E-state index in [9.17, 15) is 9.59 Å². The lowest BCUT2D eigenvalue weighted by atomic mass is 10.1. The van der Waals surface area contributed by atoms with E-state index in [1.54, 1.807) is 36.4 Å². The van der Waals surface area contributed by atoms with Crippen LogP contribution in [-0.4, -0.2) is 12.6 Å². The first-order valence-corrected chi connectivity index (χ1v) is 8.94. The molecular weight excluding hydrogens is 412 g/mol. The van der Waals surface area contributed by atoms with Gasteiger partial charge in [0.1, 0.15) is 17.1 Å². The highest BCUT2D eigenvalue weighted by Crippen LogP contribution is 2.26. The van der Waals surface area contributed by atoms with Crippen molar-refractivity contribution in [3.63, 3.8) is 0 Å². The van der Waals surface area contributed by atoms with Crippen LogP contribution in [0.5, 0.6) is 11.5 Å². The summed E-state index contributed by atoms with van der Waals surface area (Å²) in [4.78, 5) is 24.1. The average molecular weight is 425 g/mol. The third-order valence-corrected chi connectivity index (χ3v) is 4.52. The van der Waals surface area contributed by atoms with Crippen LogP contribution in [0.2, 0.25) is 0 Å². The van der Waals surface area contributed by atoms with Crippen LogP contribution in [0, 0.1) is 0 Å². The lowest BCUT2D eigenvalue weighted by molar-refractivity contribution is -0.136. The Bertz CT molecular complexity index is 1190. The van der Waals surface area contributed by atoms with Crippen molar-refractivity contribution in [3.05, 3.63) is 81.6 Å². The number of hydrogen-bond acceptors (Lipinski definition) is 5. The van der Waals surface area contributed by atoms with Gasteiger partial charge in [-0.3, -0.25) is 0 Å². The predicted molar refractivity (Wildman–Crippen MR) is 105 cm³/mol. The van der Waals surface area contributed by atoms with Gasteiger partial charge in [-0.05, 0) is 47.9 Å². The Labute approximate surface area is 162 Å². The van der Waals surface area contributed by atoms with E-state index in [2.05, 4.69) is 15.9 Å². The number of ether oxygens (including phenoxy) is 2. The van der Waals surface area contributed by atoms with E-state index in [-0.39, 0.29) is 12.4 Å². The molecule has 134 valence electrons. The monoisotopic (exact) mass is 424 g/mol. The van der Waals surface area contributed by atoms with Crippen molar-refractivity contribution in [2.24, 2.45) is 0 Å². The quantitative estimate of drug-likeness (QED) is 0.205. The van der Waals surface area contributed by atoms with Gasteiger partial charge < -0.3 is 13.9 Å². The van der Waals surface area contributed by atoms with Gasteiger partial charge >= 0.3 is 11.6 Å². The van der Waals surface area contributed by atoms with Gasteiger partial charge in [0, 0.05) is 15.9 Å². The lowest BCUT2D eigenvalue weighted by Gasteiger charge is -2.08. The van der Waals surface area contributed by atoms with Gasteiger partial charge in [-0.15, -0.1) is 0 Å². The van der Waals surface area contributed by atoms with Crippen LogP contribution in [0.1, 0.15) is 0 Å². The molecule has 0 saturated carbocycles. The maximum absolute atomic E-state index is 12.1. The zero-order valence-corrected chi connectivity index (χ0v) is 15.6. The molecule has 0 aliphatic heterocycles. The summed E-state index contributed by atoms with van der Waals surface area (Å²) in [7, 11) is 0. The zero-order valence-electron chi connectivity index (χ0n) is 14.0. The molecule has 0 amide bonds. The summed E-state index contributed by atoms with van der Waals surface area (Å²) < 4.78 is 16.9. The number of rotatable bonds is 4. The first-order valence-electron chi connectivity index (χ1n) is 8.15. The smallest absolute Gasteiger partial charge is 0.349 e. The third kappa shape index (κ3) is 3.71. The summed E-state index contributed by atoms with van der Waals surface area (Å²) in [5.74, 6) is 0.289. The summed E-state index contributed by atoms with van der Waals surface area (Å²) in [6.07, 6.45) is 0. The van der Waals surface area contributed by atoms with Gasteiger partial charge in [-0.2, -0.15) is 0 Å². The molecule has 0 fully saturated rings. The molecule has 5 nitrogen and oxygen atoms in total. The molecule has 0 aliphatic rings. The molecule has 0 aliphatic carbocycles. The number of benzene rings is 3. The summed E-state index contributed by atoms with van der Waals surface area (Å²) in [6.45, 7) is -0.235. The van der Waals surface area contributed by atoms with E-state index < -0.39 is 11.6 Å². The minimum absolute atomic E-state index is 0.235. The van der Waals surface area contributed by atoms with Crippen LogP contribution >= 0.6 is 15.9 Å². The molecular formula is C21H13BrO5. The molecule has 0 N–H and O–H groups in total. The van der Waals surface area contributed by atoms with E-state index in [1.807, 2.05) is 24.3 Å². The van der Waals surface area contributed by atoms with E-state index >= 15 is 0 Å². The SMILES string of the molecule is O=C(COc1ccc(Br)cc1)Oc1ccc2c(c1)oc(=O)c1ccccc12. The van der Waals surface area contributed by atoms with Gasteiger partial charge in [0.25, 0.3) is 0 Å². The maximum atomic E-state index is 12.1. The van der Waals surface area contributed by atoms with Crippen molar-refractivity contribution >= 4 is 43.6 Å². The van der Waals surface area contributed by atoms with Crippen LogP contribution in [0.3, 0.4) is 0 Å². The third-order valence-electron chi connectivity index (χ3n) is 3.99. The minimum Gasteiger partial charge on any atom is -0.482 e. The summed E-state index contributed by atoms with van der Waals surface area (Å²) >= 11 is 3.33. The molecule has 0 radical (unpaired) electrons. The summed E-state index contributed by atoms with van der Waals surface area (Å²) in [6, 6.07) is 19.3. The fourth-order valence-corrected chi connectivity index (χ4v) is 3.02. The van der Waals surface area contributed by atoms with Gasteiger partial charge in [-0.1, -0.05) is 34.1 Å². The molecule has 4 aromatic rings. The second kappa shape index (κ2) is 7.25. The second-order valence-electron chi connectivity index (χ2n) is 5.81. The van der Waals surface area contributed by atoms with Crippen LogP contribution in [0.4, 0.5) is 0 Å². The number of esters is 1. The van der Waals surface area contributed by atoms with E-state index in [4.69, 9.17) is 13.9 Å². The zero-order chi connectivity index (χ0) is 18.8. The van der Waals surface area contributed by atoms with Gasteiger partial charge in [0.2, 0.25) is 0 Å². The molecule has 1 heterocycles. The molecule has 0 unspecified atom stereocenters. The minimum atomic E-state index is -0.555. The van der Waals surface area contributed by atoms with Crippen molar-refractivity contribution in [1.82, 2.24) is 0 Å². The Morgan fingerprint density at radius 1 is 0.889 bits per heavy atom. The fourth-order valence-electron chi connectivity index (χ4n) is 2.76. The first-order chi connectivity index (χ1) is 13.1. The Kier molecular flexibility index (Phi) is 4.64. The predicted octanol–water partition coefficient (Wildman–Crippen LogP) is 4.69. The molecule has 3 aromatic carbocycles. The molecule has 0 spiro atoms. The largest absolute Gasteiger partial charge is 0.482 e. The maximum Gasteiger partial charge on any atom is 0.349 e. The van der Waals surface area contributed by atoms with Crippen molar-refractivity contribution in [2.45, 2.75) is 0 Å². The van der Waals surface area contributed by atoms with E-state index in [1.165, 1.54) is 6.07 Å². The number of hydrogen-bond donors (Lipinski definition) is 0. The van der Waals surface area contributed by atoms with Crippen LogP contribution in [0.25, 0.3) is 21.7 Å². The highest BCUT2D eigenvalue weighted by atomic mass is 79.9. The highest BCUT2D eigenvalue weighted by Gasteiger charge is 2.11. The van der Waals surface area contributed by atoms with Crippen LogP contribution < -0.4 is 15.1 Å². The molecule has 1 aromatic heterocycles. The van der Waals surface area contributed by atoms with E-state index in [0.29, 0.717) is 16.7 Å². The Morgan fingerprint density at radius 2 is 1.59 bits per heavy atom. The average Bonchev–Trinajstić information content (AvgIpc) is 2.68. The van der Waals surface area contributed by atoms with Gasteiger partial charge in [-0.25, -0.2) is 9.59 Å². The molecule has 0 atom stereocenters. The van der Waals surface area contributed by atoms with Crippen molar-refractivity contribution in [1.29, 1.82) is 0 Å². The number of carbonyl (C=O) groups is 1. The van der Waals surface area contributed by atoms with Crippen molar-refractivity contribution in [2.75, 3.05) is 6.61 Å². The lowest BCUT2D eigenvalue weighted by Crippen LogP contribution is -2.17. The molecule has 0 bridgehead atoms. The number of carbonyl (C=O) groups excluding carboxylic acids is 1. The highest BCUT2D eigenvalue weighted by molar-refractivity contribution is 9.10. The second-order valence-corrected chi connectivity index (χ2v) is 6.73. The Morgan fingerprint density at radius 3 is 2.37 bits per heavy atom. The Hall–Kier alpha value is -3.12. The fraction of sp³-hybridized carbons (Fsp3) is 0.0476. The van der Waals surface area contributed by atoms with Crippen LogP contribution in [0.15, 0.2) is 80.4 Å². The Balaban J connectivity index is 1.53. The van der Waals surface area contributed by atoms with Crippen LogP contribution in [-0.2, 0) is 4.79 Å². The molecule has 4 rings (SSSR count). The van der Waals surface area contributed by atoms with Crippen molar-refractivity contribution < 1.29 is 18.7 Å². The molecule has 27 heavy (non-hydrogen) atoms. The van der Waals surface area contributed by atoms with E-state index in [0.717, 1.165) is 15.2 Å². The summed E-state index contributed by atoms with van der Waals surface area (Å²) in [5, 5.41) is 2.08. The standard InChI is InChI=1S/C21H13BrO5/c22-13-5-7-14(8-6-13)25-12-20(23)26-15-9-10-17-16-3-1-2-4-18(16)21(24)27-19(17)11-15/h1-11H,12H2. The van der Waals surface area contributed by atoms with Crippen molar-refractivity contribution in [3.8, 4) is 11.5 Å². The molecule has 6 heteroatoms. The first kappa shape index (κ1) is 17.3. The normalized spacial score (nSPS) is 10.9. The molecule has 0 saturated heterocycles. The van der Waals surface area contributed by atoms with Gasteiger partial charge in [0.05, 0.1) is 5.39 Å². The van der Waals surface area contributed by atoms with Gasteiger partial charge in [0.15, 0.2) is 6.61 Å².